The molecule has 0 saturated carbocycles. The van der Waals surface area contributed by atoms with Gasteiger partial charge in [-0.1, -0.05) is 11.6 Å². The second-order valence-corrected chi connectivity index (χ2v) is 6.77. The molecule has 2 rings (SSSR count). The van der Waals surface area contributed by atoms with Crippen molar-refractivity contribution >= 4 is 49.1 Å². The summed E-state index contributed by atoms with van der Waals surface area (Å²) in [6.07, 6.45) is 1.48. The number of hydrogen-bond acceptors (Lipinski definition) is 4. The second kappa shape index (κ2) is 6.10. The zero-order valence-corrected chi connectivity index (χ0v) is 13.5. The zero-order chi connectivity index (χ0) is 15.6. The molecular formula is C12H9BrClN3O3S. The monoisotopic (exact) mass is 389 g/mol. The van der Waals surface area contributed by atoms with Crippen LogP contribution in [-0.4, -0.2) is 19.3 Å². The molecular weight excluding hydrogens is 382 g/mol. The van der Waals surface area contributed by atoms with Gasteiger partial charge in [-0.3, -0.25) is 4.79 Å². The number of anilines is 1. The van der Waals surface area contributed by atoms with Crippen LogP contribution in [0.25, 0.3) is 0 Å². The van der Waals surface area contributed by atoms with Crippen LogP contribution in [-0.2, 0) is 10.0 Å². The third-order valence-corrected chi connectivity index (χ3v) is 4.50. The lowest BCUT2D eigenvalue weighted by atomic mass is 10.3. The molecule has 9 heteroatoms. The Balaban J connectivity index is 2.27. The minimum absolute atomic E-state index is 0.0737. The van der Waals surface area contributed by atoms with Crippen LogP contribution >= 0.6 is 27.5 Å². The van der Waals surface area contributed by atoms with Gasteiger partial charge in [0.2, 0.25) is 10.0 Å². The molecule has 0 aliphatic heterocycles. The molecule has 1 aromatic heterocycles. The van der Waals surface area contributed by atoms with Crippen molar-refractivity contribution in [2.24, 2.45) is 5.14 Å². The molecule has 110 valence electrons. The largest absolute Gasteiger partial charge is 0.321 e. The summed E-state index contributed by atoms with van der Waals surface area (Å²) in [5, 5.41) is 7.50. The zero-order valence-electron chi connectivity index (χ0n) is 10.4. The maximum atomic E-state index is 12.0. The van der Waals surface area contributed by atoms with E-state index in [2.05, 4.69) is 26.2 Å². The number of carbonyl (C=O) groups is 1. The molecule has 0 bridgehead atoms. The third kappa shape index (κ3) is 3.79. The smallest absolute Gasteiger partial charge is 0.275 e. The van der Waals surface area contributed by atoms with Crippen LogP contribution in [0.2, 0.25) is 5.02 Å². The van der Waals surface area contributed by atoms with Gasteiger partial charge in [0.1, 0.15) is 10.6 Å². The lowest BCUT2D eigenvalue weighted by Gasteiger charge is -2.08. The number of hydrogen-bond donors (Lipinski definition) is 2. The molecule has 0 radical (unpaired) electrons. The first kappa shape index (κ1) is 15.9. The van der Waals surface area contributed by atoms with Crippen molar-refractivity contribution in [3.63, 3.8) is 0 Å². The number of nitrogens with two attached hydrogens (primary N) is 1. The maximum absolute atomic E-state index is 12.0. The summed E-state index contributed by atoms with van der Waals surface area (Å²) in [5.74, 6) is -0.457. The van der Waals surface area contributed by atoms with Gasteiger partial charge in [0.25, 0.3) is 5.91 Å². The Morgan fingerprint density at radius 1 is 1.33 bits per heavy atom. The molecule has 0 aliphatic rings. The molecule has 3 N–H and O–H groups in total. The summed E-state index contributed by atoms with van der Waals surface area (Å²) in [7, 11) is -3.90. The molecule has 0 saturated heterocycles. The number of nitrogens with zero attached hydrogens (tertiary/aromatic N) is 1. The average molecular weight is 391 g/mol. The highest BCUT2D eigenvalue weighted by atomic mass is 79.9. The van der Waals surface area contributed by atoms with Gasteiger partial charge in [0.05, 0.1) is 5.02 Å². The molecule has 0 aliphatic carbocycles. The SMILES string of the molecule is NS(=O)(=O)c1ccc(NC(=O)c2ncccc2Br)cc1Cl. The van der Waals surface area contributed by atoms with Crippen molar-refractivity contribution < 1.29 is 13.2 Å². The summed E-state index contributed by atoms with van der Waals surface area (Å²) < 4.78 is 23.0. The Kier molecular flexibility index (Phi) is 4.62. The van der Waals surface area contributed by atoms with Crippen molar-refractivity contribution in [1.82, 2.24) is 4.98 Å². The quantitative estimate of drug-likeness (QED) is 0.840. The standard InChI is InChI=1S/C12H9BrClN3O3S/c13-8-2-1-5-16-11(8)12(18)17-7-3-4-10(9(14)6-7)21(15,19)20/h1-6H,(H,17,18)(H2,15,19,20). The van der Waals surface area contributed by atoms with Gasteiger partial charge < -0.3 is 5.32 Å². The normalized spacial score (nSPS) is 11.2. The second-order valence-electron chi connectivity index (χ2n) is 3.98. The average Bonchev–Trinajstić information content (AvgIpc) is 2.37. The molecule has 21 heavy (non-hydrogen) atoms. The Hall–Kier alpha value is -1.48. The van der Waals surface area contributed by atoms with Gasteiger partial charge in [-0.05, 0) is 46.3 Å². The minimum Gasteiger partial charge on any atom is -0.321 e. The number of pyridine rings is 1. The van der Waals surface area contributed by atoms with Crippen LogP contribution in [0.3, 0.4) is 0 Å². The number of nitrogens with one attached hydrogen (secondary N) is 1. The number of benzene rings is 1. The van der Waals surface area contributed by atoms with Crippen molar-refractivity contribution in [2.45, 2.75) is 4.90 Å². The van der Waals surface area contributed by atoms with E-state index in [9.17, 15) is 13.2 Å². The van der Waals surface area contributed by atoms with Crippen LogP contribution in [0, 0.1) is 0 Å². The van der Waals surface area contributed by atoms with Crippen molar-refractivity contribution in [1.29, 1.82) is 0 Å². The highest BCUT2D eigenvalue weighted by molar-refractivity contribution is 9.10. The van der Waals surface area contributed by atoms with E-state index in [1.54, 1.807) is 12.1 Å². The summed E-state index contributed by atoms with van der Waals surface area (Å²) in [6.45, 7) is 0. The molecule has 1 aromatic carbocycles. The number of halogens is 2. The molecule has 0 fully saturated rings. The fraction of sp³-hybridized carbons (Fsp3) is 0. The Morgan fingerprint density at radius 3 is 2.62 bits per heavy atom. The number of primary sulfonamides is 1. The number of amides is 1. The van der Waals surface area contributed by atoms with E-state index in [1.807, 2.05) is 0 Å². The van der Waals surface area contributed by atoms with Crippen LogP contribution in [0.15, 0.2) is 45.9 Å². The maximum Gasteiger partial charge on any atom is 0.275 e. The first-order chi connectivity index (χ1) is 9.79. The van der Waals surface area contributed by atoms with Crippen LogP contribution in [0.1, 0.15) is 10.5 Å². The lowest BCUT2D eigenvalue weighted by molar-refractivity contribution is 0.102. The van der Waals surface area contributed by atoms with E-state index >= 15 is 0 Å². The molecule has 1 heterocycles. The summed E-state index contributed by atoms with van der Waals surface area (Å²) >= 11 is 9.06. The van der Waals surface area contributed by atoms with Gasteiger partial charge >= 0.3 is 0 Å². The first-order valence-electron chi connectivity index (χ1n) is 5.53. The number of sulfonamides is 1. The number of aromatic nitrogens is 1. The third-order valence-electron chi connectivity index (χ3n) is 2.47. The highest BCUT2D eigenvalue weighted by Crippen LogP contribution is 2.24. The molecule has 1 amide bonds. The van der Waals surface area contributed by atoms with E-state index in [1.165, 1.54) is 24.4 Å². The Labute approximate surface area is 134 Å². The van der Waals surface area contributed by atoms with E-state index in [0.717, 1.165) is 0 Å². The van der Waals surface area contributed by atoms with Crippen LogP contribution in [0.4, 0.5) is 5.69 Å². The minimum atomic E-state index is -3.90. The van der Waals surface area contributed by atoms with Crippen molar-refractivity contribution in [2.75, 3.05) is 5.32 Å². The molecule has 0 unspecified atom stereocenters. The predicted molar refractivity (Wildman–Crippen MR) is 82.7 cm³/mol. The number of rotatable bonds is 3. The summed E-state index contributed by atoms with van der Waals surface area (Å²) in [4.78, 5) is 15.8. The molecule has 6 nitrogen and oxygen atoms in total. The first-order valence-corrected chi connectivity index (χ1v) is 8.25. The van der Waals surface area contributed by atoms with Gasteiger partial charge in [0.15, 0.2) is 0 Å². The van der Waals surface area contributed by atoms with Gasteiger partial charge in [-0.2, -0.15) is 0 Å². The van der Waals surface area contributed by atoms with Gasteiger partial charge in [0, 0.05) is 16.4 Å². The number of carbonyl (C=O) groups excluding carboxylic acids is 1. The van der Waals surface area contributed by atoms with E-state index < -0.39 is 15.9 Å². The fourth-order valence-corrected chi connectivity index (χ4v) is 3.08. The van der Waals surface area contributed by atoms with Crippen LogP contribution in [0.5, 0.6) is 0 Å². The summed E-state index contributed by atoms with van der Waals surface area (Å²) in [6, 6.07) is 7.27. The predicted octanol–water partition coefficient (Wildman–Crippen LogP) is 2.40. The fourth-order valence-electron chi connectivity index (χ4n) is 1.55. The molecule has 0 spiro atoms. The molecule has 0 atom stereocenters. The van der Waals surface area contributed by atoms with E-state index in [-0.39, 0.29) is 15.6 Å². The lowest BCUT2D eigenvalue weighted by Crippen LogP contribution is -2.15. The van der Waals surface area contributed by atoms with Crippen molar-refractivity contribution in [3.05, 3.63) is 51.7 Å². The van der Waals surface area contributed by atoms with Crippen molar-refractivity contribution in [3.8, 4) is 0 Å². The Bertz CT molecular complexity index is 811. The Morgan fingerprint density at radius 2 is 2.05 bits per heavy atom. The highest BCUT2D eigenvalue weighted by Gasteiger charge is 2.15. The summed E-state index contributed by atoms with van der Waals surface area (Å²) in [5.41, 5.74) is 0.527. The molecule has 2 aromatic rings. The van der Waals surface area contributed by atoms with Crippen LogP contribution < -0.4 is 10.5 Å². The van der Waals surface area contributed by atoms with E-state index in [4.69, 9.17) is 16.7 Å². The van der Waals surface area contributed by atoms with E-state index in [0.29, 0.717) is 10.2 Å². The topological polar surface area (TPSA) is 102 Å². The van der Waals surface area contributed by atoms with Gasteiger partial charge in [-0.15, -0.1) is 0 Å². The van der Waals surface area contributed by atoms with Gasteiger partial charge in [-0.25, -0.2) is 18.5 Å².